The molecule has 3 amide bonds. The molecule has 0 unspecified atom stereocenters. The van der Waals surface area contributed by atoms with Crippen LogP contribution in [0.25, 0.3) is 11.8 Å². The molecule has 2 aromatic rings. The fraction of sp³-hybridized carbons (Fsp3) is 0.300. The third kappa shape index (κ3) is 3.58. The van der Waals surface area contributed by atoms with Gasteiger partial charge in [0.05, 0.1) is 17.7 Å². The Morgan fingerprint density at radius 2 is 1.97 bits per heavy atom. The van der Waals surface area contributed by atoms with Crippen LogP contribution in [0.3, 0.4) is 0 Å². The van der Waals surface area contributed by atoms with E-state index in [1.807, 2.05) is 31.4 Å². The summed E-state index contributed by atoms with van der Waals surface area (Å²) < 4.78 is 7.21. The van der Waals surface area contributed by atoms with Crippen molar-refractivity contribution in [2.75, 3.05) is 13.7 Å². The molecule has 2 heterocycles. The van der Waals surface area contributed by atoms with Gasteiger partial charge in [0.2, 0.25) is 0 Å². The highest BCUT2D eigenvalue weighted by Gasteiger charge is 2.33. The molecular weight excluding hydrogens is 376 g/mol. The Hall–Kier alpha value is -3.62. The number of non-ortho nitro benzene ring substituents is 1. The van der Waals surface area contributed by atoms with E-state index in [0.717, 1.165) is 17.0 Å². The number of amides is 3. The number of imide groups is 1. The lowest BCUT2D eigenvalue weighted by Gasteiger charge is -2.13. The molecule has 0 radical (unpaired) electrons. The molecule has 1 aliphatic rings. The van der Waals surface area contributed by atoms with Crippen molar-refractivity contribution in [1.82, 2.24) is 14.8 Å². The Bertz CT molecular complexity index is 1040. The number of nitro groups is 1. The summed E-state index contributed by atoms with van der Waals surface area (Å²) in [7, 11) is 1.50. The van der Waals surface area contributed by atoms with Crippen LogP contribution in [0.4, 0.5) is 10.5 Å². The van der Waals surface area contributed by atoms with E-state index < -0.39 is 11.0 Å². The first-order valence-corrected chi connectivity index (χ1v) is 9.14. The molecule has 1 aromatic heterocycles. The molecule has 3 rings (SSSR count). The highest BCUT2D eigenvalue weighted by atomic mass is 16.6. The second kappa shape index (κ2) is 7.78. The van der Waals surface area contributed by atoms with Crippen LogP contribution in [-0.4, -0.2) is 40.0 Å². The summed E-state index contributed by atoms with van der Waals surface area (Å²) >= 11 is 0. The number of carbonyl (C=O) groups excluding carboxylic acids is 2. The van der Waals surface area contributed by atoms with Crippen molar-refractivity contribution < 1.29 is 19.2 Å². The predicted molar refractivity (Wildman–Crippen MR) is 107 cm³/mol. The molecule has 0 saturated carbocycles. The summed E-state index contributed by atoms with van der Waals surface area (Å²) in [4.78, 5) is 36.4. The van der Waals surface area contributed by atoms with Crippen molar-refractivity contribution in [1.29, 1.82) is 0 Å². The number of nitrogens with zero attached hydrogens (tertiary/aromatic N) is 3. The minimum absolute atomic E-state index is 0.0540. The normalized spacial score (nSPS) is 15.2. The van der Waals surface area contributed by atoms with Crippen LogP contribution in [0.5, 0.6) is 5.75 Å². The minimum atomic E-state index is -0.463. The summed E-state index contributed by atoms with van der Waals surface area (Å²) in [6.45, 7) is 5.93. The number of nitro benzene ring substituents is 1. The number of aromatic nitrogens is 1. The van der Waals surface area contributed by atoms with Gasteiger partial charge in [0, 0.05) is 30.1 Å². The van der Waals surface area contributed by atoms with Crippen LogP contribution in [0.1, 0.15) is 30.3 Å². The van der Waals surface area contributed by atoms with Crippen LogP contribution in [-0.2, 0) is 4.79 Å². The molecule has 152 valence electrons. The van der Waals surface area contributed by atoms with E-state index in [4.69, 9.17) is 4.74 Å². The van der Waals surface area contributed by atoms with E-state index in [1.54, 1.807) is 12.1 Å². The average Bonchev–Trinajstić information content (AvgIpc) is 3.11. The fourth-order valence-electron chi connectivity index (χ4n) is 3.42. The molecule has 1 aliphatic heterocycles. The zero-order valence-corrected chi connectivity index (χ0v) is 16.7. The number of rotatable bonds is 6. The quantitative estimate of drug-likeness (QED) is 0.348. The topological polar surface area (TPSA) is 107 Å². The third-order valence-electron chi connectivity index (χ3n) is 4.79. The molecular formula is C20H22N4O5. The fourth-order valence-corrected chi connectivity index (χ4v) is 3.42. The number of carbonyl (C=O) groups is 2. The second-order valence-electron chi connectivity index (χ2n) is 6.72. The van der Waals surface area contributed by atoms with Gasteiger partial charge in [-0.1, -0.05) is 6.92 Å². The van der Waals surface area contributed by atoms with E-state index >= 15 is 0 Å². The Kier molecular flexibility index (Phi) is 5.40. The van der Waals surface area contributed by atoms with Crippen molar-refractivity contribution in [3.63, 3.8) is 0 Å². The van der Waals surface area contributed by atoms with Gasteiger partial charge >= 0.3 is 6.03 Å². The van der Waals surface area contributed by atoms with Crippen LogP contribution in [0, 0.1) is 24.0 Å². The molecule has 0 atom stereocenters. The first-order chi connectivity index (χ1) is 13.8. The molecule has 9 nitrogen and oxygen atoms in total. The van der Waals surface area contributed by atoms with Gasteiger partial charge < -0.3 is 14.6 Å². The maximum atomic E-state index is 12.5. The largest absolute Gasteiger partial charge is 0.495 e. The lowest BCUT2D eigenvalue weighted by atomic mass is 10.2. The van der Waals surface area contributed by atoms with Crippen LogP contribution >= 0.6 is 0 Å². The Labute approximate surface area is 167 Å². The van der Waals surface area contributed by atoms with E-state index in [-0.39, 0.29) is 17.3 Å². The lowest BCUT2D eigenvalue weighted by molar-refractivity contribution is -0.384. The zero-order valence-electron chi connectivity index (χ0n) is 16.7. The van der Waals surface area contributed by atoms with Gasteiger partial charge in [-0.25, -0.2) is 4.79 Å². The summed E-state index contributed by atoms with van der Waals surface area (Å²) in [6, 6.07) is 5.80. The maximum Gasteiger partial charge on any atom is 0.329 e. The van der Waals surface area contributed by atoms with Crippen molar-refractivity contribution in [2.24, 2.45) is 0 Å². The molecule has 1 N–H and O–H groups in total. The number of hydrogen-bond acceptors (Lipinski definition) is 5. The smallest absolute Gasteiger partial charge is 0.329 e. The Morgan fingerprint density at radius 1 is 1.24 bits per heavy atom. The average molecular weight is 398 g/mol. The molecule has 0 bridgehead atoms. The van der Waals surface area contributed by atoms with Gasteiger partial charge in [-0.05, 0) is 44.0 Å². The van der Waals surface area contributed by atoms with Crippen molar-refractivity contribution in [3.05, 3.63) is 57.0 Å². The molecule has 1 saturated heterocycles. The van der Waals surface area contributed by atoms with Crippen molar-refractivity contribution >= 4 is 23.7 Å². The Morgan fingerprint density at radius 3 is 2.59 bits per heavy atom. The molecule has 9 heteroatoms. The van der Waals surface area contributed by atoms with Gasteiger partial charge in [0.15, 0.2) is 0 Å². The molecule has 1 fully saturated rings. The first kappa shape index (κ1) is 20.1. The monoisotopic (exact) mass is 398 g/mol. The van der Waals surface area contributed by atoms with Gasteiger partial charge in [0.25, 0.3) is 11.6 Å². The molecule has 29 heavy (non-hydrogen) atoms. The third-order valence-corrected chi connectivity index (χ3v) is 4.79. The van der Waals surface area contributed by atoms with E-state index in [1.165, 1.54) is 24.1 Å². The highest BCUT2D eigenvalue weighted by Crippen LogP contribution is 2.32. The molecule has 0 aliphatic carbocycles. The van der Waals surface area contributed by atoms with Crippen LogP contribution in [0.2, 0.25) is 0 Å². The van der Waals surface area contributed by atoms with Crippen LogP contribution < -0.4 is 10.1 Å². The maximum absolute atomic E-state index is 12.5. The van der Waals surface area contributed by atoms with E-state index in [0.29, 0.717) is 24.4 Å². The second-order valence-corrected chi connectivity index (χ2v) is 6.72. The molecule has 1 aromatic carbocycles. The van der Waals surface area contributed by atoms with Gasteiger partial charge in [-0.3, -0.25) is 19.8 Å². The van der Waals surface area contributed by atoms with Gasteiger partial charge in [0.1, 0.15) is 11.4 Å². The summed E-state index contributed by atoms with van der Waals surface area (Å²) in [5.41, 5.74) is 2.95. The minimum Gasteiger partial charge on any atom is -0.495 e. The number of nitrogens with one attached hydrogen (secondary N) is 1. The van der Waals surface area contributed by atoms with E-state index in [9.17, 15) is 19.7 Å². The van der Waals surface area contributed by atoms with Gasteiger partial charge in [-0.2, -0.15) is 0 Å². The number of benzene rings is 1. The summed E-state index contributed by atoms with van der Waals surface area (Å²) in [5.74, 6) is 0.116. The zero-order chi connectivity index (χ0) is 21.3. The summed E-state index contributed by atoms with van der Waals surface area (Å²) in [5, 5.41) is 13.8. The van der Waals surface area contributed by atoms with Crippen molar-refractivity contribution in [2.45, 2.75) is 27.2 Å². The SMILES string of the molecule is CCCN1C(=O)N/C(=C/c2cc(C)n(-c3cc([N+](=O)[O-])ccc3OC)c2C)C1=O. The number of aryl methyl sites for hydroxylation is 1. The summed E-state index contributed by atoms with van der Waals surface area (Å²) in [6.07, 6.45) is 2.30. The number of hydrogen-bond donors (Lipinski definition) is 1. The van der Waals surface area contributed by atoms with E-state index in [2.05, 4.69) is 5.32 Å². The lowest BCUT2D eigenvalue weighted by Crippen LogP contribution is -2.31. The highest BCUT2D eigenvalue weighted by molar-refractivity contribution is 6.14. The number of urea groups is 1. The first-order valence-electron chi connectivity index (χ1n) is 9.14. The Balaban J connectivity index is 2.07. The number of methoxy groups -OCH3 is 1. The van der Waals surface area contributed by atoms with Crippen molar-refractivity contribution in [3.8, 4) is 11.4 Å². The standard InChI is InChI=1S/C20H22N4O5/c1-5-8-22-19(25)16(21-20(22)26)10-14-9-12(2)23(13(14)3)17-11-15(24(27)28)6-7-18(17)29-4/h6-7,9-11H,5,8H2,1-4H3,(H,21,26)/b16-10+. The van der Waals surface area contributed by atoms with Crippen LogP contribution in [0.15, 0.2) is 30.0 Å². The predicted octanol–water partition coefficient (Wildman–Crippen LogP) is 3.31. The van der Waals surface area contributed by atoms with Gasteiger partial charge in [-0.15, -0.1) is 0 Å². The molecule has 0 spiro atoms. The number of ether oxygens (including phenoxy) is 1.